The van der Waals surface area contributed by atoms with Gasteiger partial charge in [-0.3, -0.25) is 9.59 Å². The molecule has 0 aliphatic heterocycles. The Morgan fingerprint density at radius 3 is 1.47 bits per heavy atom. The van der Waals surface area contributed by atoms with Crippen LogP contribution in [0.5, 0.6) is 0 Å². The molecule has 102 valence electrons. The zero-order valence-electron chi connectivity index (χ0n) is 10.1. The second-order valence-corrected chi connectivity index (χ2v) is 3.74. The van der Waals surface area contributed by atoms with Gasteiger partial charge in [0.15, 0.2) is 0 Å². The van der Waals surface area contributed by atoms with Gasteiger partial charge in [-0.15, -0.1) is 17.0 Å². The molecule has 0 heterocycles. The topological polar surface area (TPSA) is 98.7 Å². The number of carbonyl (C=O) groups is 2. The zero-order valence-corrected chi connectivity index (χ0v) is 11.8. The van der Waals surface area contributed by atoms with Gasteiger partial charge in [-0.2, -0.15) is 0 Å². The van der Waals surface area contributed by atoms with E-state index >= 15 is 0 Å². The predicted octanol–water partition coefficient (Wildman–Crippen LogP) is 0.470. The summed E-state index contributed by atoms with van der Waals surface area (Å²) in [6, 6.07) is -1.07. The van der Waals surface area contributed by atoms with E-state index in [4.69, 9.17) is 10.2 Å². The van der Waals surface area contributed by atoms with Crippen molar-refractivity contribution >= 4 is 28.9 Å². The molecule has 0 saturated heterocycles. The summed E-state index contributed by atoms with van der Waals surface area (Å²) in [5.74, 6) is -1.73. The van der Waals surface area contributed by atoms with Crippen molar-refractivity contribution in [3.63, 3.8) is 0 Å². The lowest BCUT2D eigenvalue weighted by molar-refractivity contribution is -0.140. The second-order valence-electron chi connectivity index (χ2n) is 3.74. The van der Waals surface area contributed by atoms with Gasteiger partial charge in [0.05, 0.1) is 0 Å². The fourth-order valence-corrected chi connectivity index (χ4v) is 1.06. The van der Waals surface area contributed by atoms with E-state index in [0.29, 0.717) is 13.1 Å². The van der Waals surface area contributed by atoms with Crippen LogP contribution in [0.15, 0.2) is 0 Å². The lowest BCUT2D eigenvalue weighted by Gasteiger charge is -2.10. The van der Waals surface area contributed by atoms with E-state index in [1.165, 1.54) is 0 Å². The van der Waals surface area contributed by atoms with Gasteiger partial charge in [0.2, 0.25) is 0 Å². The van der Waals surface area contributed by atoms with Crippen LogP contribution in [0.2, 0.25) is 0 Å². The largest absolute Gasteiger partial charge is 0.480 e. The molecule has 0 aromatic rings. The summed E-state index contributed by atoms with van der Waals surface area (Å²) in [6.07, 6.45) is 1.63. The van der Waals surface area contributed by atoms with E-state index in [1.807, 2.05) is 0 Å². The number of aliphatic carboxylic acids is 2. The van der Waals surface area contributed by atoms with Gasteiger partial charge in [0.1, 0.15) is 12.1 Å². The summed E-state index contributed by atoms with van der Waals surface area (Å²) < 4.78 is 0. The van der Waals surface area contributed by atoms with Crippen LogP contribution in [0, 0.1) is 0 Å². The van der Waals surface area contributed by atoms with Crippen LogP contribution in [-0.2, 0) is 9.59 Å². The summed E-state index contributed by atoms with van der Waals surface area (Å²) in [5.41, 5.74) is 0. The van der Waals surface area contributed by atoms with Crippen molar-refractivity contribution in [1.29, 1.82) is 0 Å². The Morgan fingerprint density at radius 2 is 1.24 bits per heavy atom. The van der Waals surface area contributed by atoms with Crippen LogP contribution >= 0.6 is 17.0 Å². The standard InChI is InChI=1S/C10H20N2O4.BrH/c1-7(9(13)14)11-5-3-4-6-12-8(2)10(15)16;/h7-8,11-12H,3-6H2,1-2H3,(H,13,14)(H,15,16);1H. The maximum atomic E-state index is 10.4. The lowest BCUT2D eigenvalue weighted by Crippen LogP contribution is -2.36. The monoisotopic (exact) mass is 312 g/mol. The molecule has 7 heteroatoms. The highest BCUT2D eigenvalue weighted by Gasteiger charge is 2.09. The number of nitrogens with one attached hydrogen (secondary N) is 2. The van der Waals surface area contributed by atoms with E-state index in [-0.39, 0.29) is 17.0 Å². The van der Waals surface area contributed by atoms with Crippen molar-refractivity contribution in [2.45, 2.75) is 38.8 Å². The number of halogens is 1. The first-order chi connectivity index (χ1) is 7.45. The van der Waals surface area contributed by atoms with Crippen LogP contribution in [0.3, 0.4) is 0 Å². The third-order valence-electron chi connectivity index (χ3n) is 2.25. The normalized spacial score (nSPS) is 13.5. The van der Waals surface area contributed by atoms with Crippen LogP contribution in [0.1, 0.15) is 26.7 Å². The molecule has 2 atom stereocenters. The molecule has 0 rings (SSSR count). The van der Waals surface area contributed by atoms with Crippen molar-refractivity contribution in [2.75, 3.05) is 13.1 Å². The van der Waals surface area contributed by atoms with Gasteiger partial charge in [0.25, 0.3) is 0 Å². The molecule has 0 fully saturated rings. The summed E-state index contributed by atoms with van der Waals surface area (Å²) in [7, 11) is 0. The minimum atomic E-state index is -0.863. The summed E-state index contributed by atoms with van der Waals surface area (Å²) >= 11 is 0. The average Bonchev–Trinajstić information content (AvgIpc) is 2.21. The molecule has 0 bridgehead atoms. The molecule has 17 heavy (non-hydrogen) atoms. The molecule has 6 nitrogen and oxygen atoms in total. The maximum absolute atomic E-state index is 10.4. The fraction of sp³-hybridized carbons (Fsp3) is 0.800. The van der Waals surface area contributed by atoms with E-state index < -0.39 is 24.0 Å². The van der Waals surface area contributed by atoms with Crippen LogP contribution < -0.4 is 10.6 Å². The minimum absolute atomic E-state index is 0. The smallest absolute Gasteiger partial charge is 0.320 e. The number of hydrogen-bond donors (Lipinski definition) is 4. The van der Waals surface area contributed by atoms with Gasteiger partial charge in [0, 0.05) is 0 Å². The Labute approximate surface area is 112 Å². The van der Waals surface area contributed by atoms with Crippen molar-refractivity contribution in [3.8, 4) is 0 Å². The Morgan fingerprint density at radius 1 is 0.941 bits per heavy atom. The average molecular weight is 313 g/mol. The fourth-order valence-electron chi connectivity index (χ4n) is 1.06. The van der Waals surface area contributed by atoms with Gasteiger partial charge in [-0.25, -0.2) is 0 Å². The third-order valence-corrected chi connectivity index (χ3v) is 2.25. The molecule has 0 amide bonds. The lowest BCUT2D eigenvalue weighted by atomic mass is 10.2. The van der Waals surface area contributed by atoms with E-state index in [1.54, 1.807) is 13.8 Å². The molecule has 0 aliphatic rings. The first kappa shape index (κ1) is 18.7. The van der Waals surface area contributed by atoms with Crippen molar-refractivity contribution in [2.24, 2.45) is 0 Å². The van der Waals surface area contributed by atoms with Gasteiger partial charge >= 0.3 is 11.9 Å². The molecule has 2 unspecified atom stereocenters. The minimum Gasteiger partial charge on any atom is -0.480 e. The molecule has 4 N–H and O–H groups in total. The number of rotatable bonds is 9. The SMILES string of the molecule is Br.CC(NCCCCNC(C)C(=O)O)C(=O)O. The summed E-state index contributed by atoms with van der Waals surface area (Å²) in [4.78, 5) is 20.9. The number of carboxylic acid groups (broad SMARTS) is 2. The number of carboxylic acids is 2. The van der Waals surface area contributed by atoms with Gasteiger partial charge in [-0.1, -0.05) is 0 Å². The third kappa shape index (κ3) is 10.2. The van der Waals surface area contributed by atoms with Crippen LogP contribution in [0.4, 0.5) is 0 Å². The maximum Gasteiger partial charge on any atom is 0.320 e. The summed E-state index contributed by atoms with van der Waals surface area (Å²) in [6.45, 7) is 4.42. The number of hydrogen-bond acceptors (Lipinski definition) is 4. The zero-order chi connectivity index (χ0) is 12.6. The highest BCUT2D eigenvalue weighted by molar-refractivity contribution is 8.93. The van der Waals surface area contributed by atoms with Crippen molar-refractivity contribution in [3.05, 3.63) is 0 Å². The van der Waals surface area contributed by atoms with E-state index in [0.717, 1.165) is 12.8 Å². The van der Waals surface area contributed by atoms with Crippen molar-refractivity contribution in [1.82, 2.24) is 10.6 Å². The predicted molar refractivity (Wildman–Crippen MR) is 69.8 cm³/mol. The molecule has 0 spiro atoms. The van der Waals surface area contributed by atoms with Gasteiger partial charge < -0.3 is 20.8 Å². The van der Waals surface area contributed by atoms with E-state index in [2.05, 4.69) is 10.6 Å². The van der Waals surface area contributed by atoms with Gasteiger partial charge in [-0.05, 0) is 39.8 Å². The summed E-state index contributed by atoms with van der Waals surface area (Å²) in [5, 5.41) is 22.9. The molecule has 0 aliphatic carbocycles. The Balaban J connectivity index is 0. The van der Waals surface area contributed by atoms with Crippen LogP contribution in [-0.4, -0.2) is 47.3 Å². The van der Waals surface area contributed by atoms with E-state index in [9.17, 15) is 9.59 Å². The Bertz CT molecular complexity index is 214. The highest BCUT2D eigenvalue weighted by atomic mass is 79.9. The second kappa shape index (κ2) is 10.5. The molecule has 0 aromatic heterocycles. The highest BCUT2D eigenvalue weighted by Crippen LogP contribution is 1.89. The van der Waals surface area contributed by atoms with Crippen LogP contribution in [0.25, 0.3) is 0 Å². The number of unbranched alkanes of at least 4 members (excludes halogenated alkanes) is 1. The molecular weight excluding hydrogens is 292 g/mol. The van der Waals surface area contributed by atoms with Crippen molar-refractivity contribution < 1.29 is 19.8 Å². The molecule has 0 radical (unpaired) electrons. The Hall–Kier alpha value is -0.660. The Kier molecular flexibility index (Phi) is 11.5. The first-order valence-electron chi connectivity index (χ1n) is 5.37. The molecular formula is C10H21BrN2O4. The quantitative estimate of drug-likeness (QED) is 0.462. The first-order valence-corrected chi connectivity index (χ1v) is 5.37. The molecule has 0 saturated carbocycles. The molecule has 0 aromatic carbocycles.